The summed E-state index contributed by atoms with van der Waals surface area (Å²) in [6.45, 7) is 4.30. The van der Waals surface area contributed by atoms with Crippen LogP contribution in [0.1, 0.15) is 36.8 Å². The minimum Gasteiger partial charge on any atom is -0.327 e. The largest absolute Gasteiger partial charge is 0.327 e. The summed E-state index contributed by atoms with van der Waals surface area (Å²) >= 11 is 6.02. The highest BCUT2D eigenvalue weighted by atomic mass is 35.5. The van der Waals surface area contributed by atoms with E-state index < -0.39 is 0 Å². The van der Waals surface area contributed by atoms with Crippen LogP contribution in [0.2, 0.25) is 5.02 Å². The molecule has 3 atom stereocenters. The molecule has 3 unspecified atom stereocenters. The van der Waals surface area contributed by atoms with Crippen molar-refractivity contribution in [2.75, 3.05) is 0 Å². The van der Waals surface area contributed by atoms with Crippen molar-refractivity contribution in [3.63, 3.8) is 0 Å². The second-order valence-electron chi connectivity index (χ2n) is 6.33. The fraction of sp³-hybridized carbons (Fsp3) is 0.250. The molecular formula is C20H22ClN3. The van der Waals surface area contributed by atoms with Crippen LogP contribution in [-0.2, 0) is 0 Å². The molecule has 0 fully saturated rings. The van der Waals surface area contributed by atoms with Crippen LogP contribution < -0.4 is 5.73 Å². The third kappa shape index (κ3) is 3.53. The molecule has 0 aliphatic carbocycles. The molecule has 3 nitrogen and oxygen atoms in total. The van der Waals surface area contributed by atoms with Gasteiger partial charge in [0.05, 0.1) is 6.20 Å². The van der Waals surface area contributed by atoms with Crippen LogP contribution in [0, 0.1) is 0 Å². The van der Waals surface area contributed by atoms with Gasteiger partial charge >= 0.3 is 0 Å². The van der Waals surface area contributed by atoms with Crippen molar-refractivity contribution in [3.8, 4) is 11.1 Å². The SMILES string of the molecule is CC(N)C(c1ccc(Cl)cc1)C(C)c1ccc(-c2cn[nH]c2)cc1. The number of aromatic nitrogens is 2. The van der Waals surface area contributed by atoms with E-state index in [0.717, 1.165) is 16.1 Å². The summed E-state index contributed by atoms with van der Waals surface area (Å²) in [6, 6.07) is 16.7. The van der Waals surface area contributed by atoms with Crippen LogP contribution >= 0.6 is 11.6 Å². The van der Waals surface area contributed by atoms with Gasteiger partial charge in [0.1, 0.15) is 0 Å². The second-order valence-corrected chi connectivity index (χ2v) is 6.77. The van der Waals surface area contributed by atoms with Crippen LogP contribution in [-0.4, -0.2) is 16.2 Å². The van der Waals surface area contributed by atoms with Gasteiger partial charge in [0.15, 0.2) is 0 Å². The Kier molecular flexibility index (Phi) is 5.03. The van der Waals surface area contributed by atoms with Gasteiger partial charge in [-0.25, -0.2) is 0 Å². The molecule has 124 valence electrons. The monoisotopic (exact) mass is 339 g/mol. The minimum absolute atomic E-state index is 0.0507. The number of nitrogens with one attached hydrogen (secondary N) is 1. The van der Waals surface area contributed by atoms with Crippen molar-refractivity contribution in [1.29, 1.82) is 0 Å². The lowest BCUT2D eigenvalue weighted by atomic mass is 9.78. The predicted octanol–water partition coefficient (Wildman–Crippen LogP) is 4.96. The molecule has 0 aliphatic rings. The maximum absolute atomic E-state index is 6.31. The summed E-state index contributed by atoms with van der Waals surface area (Å²) in [5.41, 5.74) is 11.1. The molecule has 0 saturated heterocycles. The third-order valence-electron chi connectivity index (χ3n) is 4.63. The Labute approximate surface area is 147 Å². The molecule has 1 heterocycles. The van der Waals surface area contributed by atoms with Crippen LogP contribution in [0.3, 0.4) is 0 Å². The number of hydrogen-bond acceptors (Lipinski definition) is 2. The van der Waals surface area contributed by atoms with Gasteiger partial charge in [0, 0.05) is 28.7 Å². The van der Waals surface area contributed by atoms with Gasteiger partial charge in [-0.3, -0.25) is 5.10 Å². The van der Waals surface area contributed by atoms with Gasteiger partial charge in [-0.05, 0) is 41.7 Å². The first-order chi connectivity index (χ1) is 11.6. The summed E-state index contributed by atoms with van der Waals surface area (Å²) in [7, 11) is 0. The van der Waals surface area contributed by atoms with E-state index in [9.17, 15) is 0 Å². The van der Waals surface area contributed by atoms with Gasteiger partial charge in [-0.15, -0.1) is 0 Å². The molecule has 0 spiro atoms. The van der Waals surface area contributed by atoms with Crippen molar-refractivity contribution < 1.29 is 0 Å². The van der Waals surface area contributed by atoms with Crippen LogP contribution in [0.4, 0.5) is 0 Å². The van der Waals surface area contributed by atoms with Crippen molar-refractivity contribution in [2.45, 2.75) is 31.7 Å². The molecule has 2 aromatic carbocycles. The molecule has 0 aliphatic heterocycles. The van der Waals surface area contributed by atoms with E-state index in [1.165, 1.54) is 11.1 Å². The van der Waals surface area contributed by atoms with Gasteiger partial charge in [-0.2, -0.15) is 5.10 Å². The first-order valence-corrected chi connectivity index (χ1v) is 8.54. The average Bonchev–Trinajstić information content (AvgIpc) is 3.11. The smallest absolute Gasteiger partial charge is 0.0565 e. The number of halogens is 1. The fourth-order valence-corrected chi connectivity index (χ4v) is 3.45. The van der Waals surface area contributed by atoms with Crippen molar-refractivity contribution in [2.24, 2.45) is 5.73 Å². The molecule has 1 aromatic heterocycles. The normalized spacial score (nSPS) is 15.0. The standard InChI is InChI=1S/C20H22ClN3/c1-13(20(14(2)22)17-7-9-19(21)10-8-17)15-3-5-16(6-4-15)18-11-23-24-12-18/h3-14,20H,22H2,1-2H3,(H,23,24). The highest BCUT2D eigenvalue weighted by molar-refractivity contribution is 6.30. The molecule has 0 radical (unpaired) electrons. The van der Waals surface area contributed by atoms with Crippen LogP contribution in [0.15, 0.2) is 60.9 Å². The highest BCUT2D eigenvalue weighted by Crippen LogP contribution is 2.36. The lowest BCUT2D eigenvalue weighted by Crippen LogP contribution is -2.28. The molecule has 3 aromatic rings. The Morgan fingerprint density at radius 2 is 1.54 bits per heavy atom. The number of nitrogens with two attached hydrogens (primary N) is 1. The number of H-pyrrole nitrogens is 1. The van der Waals surface area contributed by atoms with Crippen molar-refractivity contribution >= 4 is 11.6 Å². The zero-order valence-electron chi connectivity index (χ0n) is 13.9. The Morgan fingerprint density at radius 3 is 2.08 bits per heavy atom. The predicted molar refractivity (Wildman–Crippen MR) is 100 cm³/mol. The van der Waals surface area contributed by atoms with Crippen LogP contribution in [0.5, 0.6) is 0 Å². The van der Waals surface area contributed by atoms with Crippen LogP contribution in [0.25, 0.3) is 11.1 Å². The Bertz CT molecular complexity index is 762. The third-order valence-corrected chi connectivity index (χ3v) is 4.88. The van der Waals surface area contributed by atoms with E-state index in [4.69, 9.17) is 17.3 Å². The van der Waals surface area contributed by atoms with Gasteiger partial charge in [0.25, 0.3) is 0 Å². The molecule has 0 amide bonds. The molecular weight excluding hydrogens is 318 g/mol. The Balaban J connectivity index is 1.87. The molecule has 24 heavy (non-hydrogen) atoms. The zero-order chi connectivity index (χ0) is 17.1. The maximum Gasteiger partial charge on any atom is 0.0565 e. The number of hydrogen-bond donors (Lipinski definition) is 2. The number of rotatable bonds is 5. The average molecular weight is 340 g/mol. The number of benzene rings is 2. The topological polar surface area (TPSA) is 54.7 Å². The molecule has 3 rings (SSSR count). The van der Waals surface area contributed by atoms with E-state index >= 15 is 0 Å². The lowest BCUT2D eigenvalue weighted by Gasteiger charge is -2.28. The van der Waals surface area contributed by atoms with Gasteiger partial charge in [-0.1, -0.05) is 54.9 Å². The zero-order valence-corrected chi connectivity index (χ0v) is 14.7. The lowest BCUT2D eigenvalue weighted by molar-refractivity contribution is 0.494. The van der Waals surface area contributed by atoms with Crippen molar-refractivity contribution in [3.05, 3.63) is 77.1 Å². The number of aromatic amines is 1. The first kappa shape index (κ1) is 16.7. The Morgan fingerprint density at radius 1 is 0.917 bits per heavy atom. The molecule has 0 saturated carbocycles. The van der Waals surface area contributed by atoms with E-state index in [-0.39, 0.29) is 12.0 Å². The van der Waals surface area contributed by atoms with Crippen molar-refractivity contribution in [1.82, 2.24) is 10.2 Å². The summed E-state index contributed by atoms with van der Waals surface area (Å²) in [4.78, 5) is 0. The van der Waals surface area contributed by atoms with E-state index in [1.54, 1.807) is 0 Å². The van der Waals surface area contributed by atoms with Gasteiger partial charge in [0.2, 0.25) is 0 Å². The van der Waals surface area contributed by atoms with Gasteiger partial charge < -0.3 is 5.73 Å². The molecule has 3 N–H and O–H groups in total. The number of nitrogens with zero attached hydrogens (tertiary/aromatic N) is 1. The molecule has 0 bridgehead atoms. The highest BCUT2D eigenvalue weighted by Gasteiger charge is 2.24. The quantitative estimate of drug-likeness (QED) is 0.690. The second kappa shape index (κ2) is 7.20. The minimum atomic E-state index is 0.0507. The maximum atomic E-state index is 6.31. The summed E-state index contributed by atoms with van der Waals surface area (Å²) in [6.07, 6.45) is 3.73. The summed E-state index contributed by atoms with van der Waals surface area (Å²) < 4.78 is 0. The summed E-state index contributed by atoms with van der Waals surface area (Å²) in [5.74, 6) is 0.548. The van der Waals surface area contributed by atoms with E-state index in [2.05, 4.69) is 60.4 Å². The Hall–Kier alpha value is -2.10. The molecule has 4 heteroatoms. The fourth-order valence-electron chi connectivity index (χ4n) is 3.33. The van der Waals surface area contributed by atoms with E-state index in [0.29, 0.717) is 5.92 Å². The summed E-state index contributed by atoms with van der Waals surface area (Å²) in [5, 5.41) is 7.60. The first-order valence-electron chi connectivity index (χ1n) is 8.16. The van der Waals surface area contributed by atoms with E-state index in [1.807, 2.05) is 24.5 Å².